The van der Waals surface area contributed by atoms with Crippen LogP contribution in [-0.4, -0.2) is 38.8 Å². The van der Waals surface area contributed by atoms with Gasteiger partial charge in [0.15, 0.2) is 17.1 Å². The number of thioether (sulfide) groups is 1. The van der Waals surface area contributed by atoms with Gasteiger partial charge in [0.2, 0.25) is 5.89 Å². The molecular formula is C23H21N5O3S. The maximum absolute atomic E-state index is 5.95. The Bertz CT molecular complexity index is 1440. The Labute approximate surface area is 188 Å². The molecule has 9 heteroatoms. The molecule has 0 aliphatic rings. The molecule has 2 aromatic carbocycles. The molecule has 0 N–H and O–H groups in total. The van der Waals surface area contributed by atoms with E-state index < -0.39 is 0 Å². The van der Waals surface area contributed by atoms with Crippen molar-refractivity contribution < 1.29 is 13.9 Å². The first-order chi connectivity index (χ1) is 15.6. The van der Waals surface area contributed by atoms with E-state index in [4.69, 9.17) is 23.9 Å². The number of aromatic nitrogens is 5. The van der Waals surface area contributed by atoms with Crippen LogP contribution in [0.3, 0.4) is 0 Å². The number of nitrogens with zero attached hydrogens (tertiary/aromatic N) is 5. The molecule has 0 aliphatic carbocycles. The molecule has 0 atom stereocenters. The molecular weight excluding hydrogens is 426 g/mol. The summed E-state index contributed by atoms with van der Waals surface area (Å²) >= 11 is 1.57. The van der Waals surface area contributed by atoms with E-state index in [0.717, 1.165) is 44.5 Å². The number of aryl methyl sites for hydroxylation is 2. The van der Waals surface area contributed by atoms with Gasteiger partial charge in [-0.2, -0.15) is 0 Å². The van der Waals surface area contributed by atoms with Gasteiger partial charge in [-0.15, -0.1) is 10.2 Å². The van der Waals surface area contributed by atoms with Crippen LogP contribution >= 0.6 is 11.8 Å². The van der Waals surface area contributed by atoms with Gasteiger partial charge < -0.3 is 13.9 Å². The molecule has 0 bridgehead atoms. The van der Waals surface area contributed by atoms with Crippen LogP contribution in [0.5, 0.6) is 11.5 Å². The number of benzene rings is 2. The third-order valence-corrected chi connectivity index (χ3v) is 6.19. The molecule has 0 aliphatic heterocycles. The molecule has 0 spiro atoms. The SMILES string of the molecule is COc1ccc(-c2nc(CSc3nc4ccccc4n4c(C)nnc34)c(C)o2)cc1OC. The van der Waals surface area contributed by atoms with Crippen molar-refractivity contribution in [3.63, 3.8) is 0 Å². The third-order valence-electron chi connectivity index (χ3n) is 5.23. The maximum Gasteiger partial charge on any atom is 0.226 e. The van der Waals surface area contributed by atoms with E-state index in [1.807, 2.05) is 60.7 Å². The number of hydrogen-bond donors (Lipinski definition) is 0. The number of rotatable bonds is 6. The predicted molar refractivity (Wildman–Crippen MR) is 122 cm³/mol. The van der Waals surface area contributed by atoms with Gasteiger partial charge in [-0.25, -0.2) is 9.97 Å². The molecule has 8 nitrogen and oxygen atoms in total. The summed E-state index contributed by atoms with van der Waals surface area (Å²) < 4.78 is 18.7. The summed E-state index contributed by atoms with van der Waals surface area (Å²) in [7, 11) is 3.21. The highest BCUT2D eigenvalue weighted by molar-refractivity contribution is 7.98. The van der Waals surface area contributed by atoms with Crippen LogP contribution in [0.2, 0.25) is 0 Å². The summed E-state index contributed by atoms with van der Waals surface area (Å²) in [6, 6.07) is 13.6. The van der Waals surface area contributed by atoms with Gasteiger partial charge in [0.25, 0.3) is 0 Å². The minimum absolute atomic E-state index is 0.536. The minimum Gasteiger partial charge on any atom is -0.493 e. The lowest BCUT2D eigenvalue weighted by Crippen LogP contribution is -1.97. The molecule has 0 saturated carbocycles. The summed E-state index contributed by atoms with van der Waals surface area (Å²) in [5, 5.41) is 9.41. The van der Waals surface area contributed by atoms with Crippen LogP contribution in [0, 0.1) is 13.8 Å². The molecule has 3 aromatic heterocycles. The highest BCUT2D eigenvalue weighted by Gasteiger charge is 2.17. The van der Waals surface area contributed by atoms with Crippen molar-refractivity contribution in [3.05, 3.63) is 59.7 Å². The van der Waals surface area contributed by atoms with E-state index in [0.29, 0.717) is 23.1 Å². The molecule has 3 heterocycles. The van der Waals surface area contributed by atoms with Crippen molar-refractivity contribution in [3.8, 4) is 23.0 Å². The van der Waals surface area contributed by atoms with Crippen molar-refractivity contribution >= 4 is 28.4 Å². The van der Waals surface area contributed by atoms with Gasteiger partial charge in [-0.3, -0.25) is 4.40 Å². The summed E-state index contributed by atoms with van der Waals surface area (Å²) in [6.45, 7) is 3.86. The highest BCUT2D eigenvalue weighted by Crippen LogP contribution is 2.34. The molecule has 0 saturated heterocycles. The van der Waals surface area contributed by atoms with E-state index in [9.17, 15) is 0 Å². The van der Waals surface area contributed by atoms with Crippen molar-refractivity contribution in [2.45, 2.75) is 24.6 Å². The number of methoxy groups -OCH3 is 2. The second kappa shape index (κ2) is 8.16. The van der Waals surface area contributed by atoms with Crippen LogP contribution in [-0.2, 0) is 5.75 Å². The lowest BCUT2D eigenvalue weighted by atomic mass is 10.2. The molecule has 0 unspecified atom stereocenters. The van der Waals surface area contributed by atoms with Crippen molar-refractivity contribution in [2.24, 2.45) is 0 Å². The molecule has 162 valence electrons. The lowest BCUT2D eigenvalue weighted by Gasteiger charge is -2.07. The van der Waals surface area contributed by atoms with E-state index in [1.54, 1.807) is 26.0 Å². The normalized spacial score (nSPS) is 11.4. The maximum atomic E-state index is 5.95. The van der Waals surface area contributed by atoms with Gasteiger partial charge in [0, 0.05) is 11.3 Å². The van der Waals surface area contributed by atoms with Crippen LogP contribution in [0.1, 0.15) is 17.3 Å². The zero-order valence-corrected chi connectivity index (χ0v) is 18.9. The molecule has 0 amide bonds. The Morgan fingerprint density at radius 2 is 1.78 bits per heavy atom. The molecule has 5 rings (SSSR count). The first kappa shape index (κ1) is 20.3. The van der Waals surface area contributed by atoms with Crippen molar-refractivity contribution in [1.29, 1.82) is 0 Å². The standard InChI is InChI=1S/C23H21N5O3S/c1-13-17(24-22(31-13)15-9-10-19(29-3)20(11-15)30-4)12-32-23-21-27-26-14(2)28(21)18-8-6-5-7-16(18)25-23/h5-11H,12H2,1-4H3. The van der Waals surface area contributed by atoms with Gasteiger partial charge in [0.05, 0.1) is 30.9 Å². The number of para-hydroxylation sites is 2. The molecule has 0 radical (unpaired) electrons. The lowest BCUT2D eigenvalue weighted by molar-refractivity contribution is 0.355. The van der Waals surface area contributed by atoms with Gasteiger partial charge in [-0.1, -0.05) is 23.9 Å². The Kier molecular flexibility index (Phi) is 5.18. The molecule has 32 heavy (non-hydrogen) atoms. The first-order valence-corrected chi connectivity index (χ1v) is 11.0. The summed E-state index contributed by atoms with van der Waals surface area (Å²) in [6.07, 6.45) is 0. The quantitative estimate of drug-likeness (QED) is 0.341. The second-order valence-corrected chi connectivity index (χ2v) is 8.16. The second-order valence-electron chi connectivity index (χ2n) is 7.19. The zero-order chi connectivity index (χ0) is 22.2. The minimum atomic E-state index is 0.536. The number of hydrogen-bond acceptors (Lipinski definition) is 8. The summed E-state index contributed by atoms with van der Waals surface area (Å²) in [4.78, 5) is 9.54. The summed E-state index contributed by atoms with van der Waals surface area (Å²) in [5.41, 5.74) is 4.30. The fraction of sp³-hybridized carbons (Fsp3) is 0.217. The van der Waals surface area contributed by atoms with E-state index in [1.165, 1.54) is 0 Å². The monoisotopic (exact) mass is 447 g/mol. The number of fused-ring (bicyclic) bond motifs is 3. The number of oxazole rings is 1. The molecule has 5 aromatic rings. The van der Waals surface area contributed by atoms with Crippen LogP contribution in [0.15, 0.2) is 51.9 Å². The largest absolute Gasteiger partial charge is 0.493 e. The third kappa shape index (κ3) is 3.44. The smallest absolute Gasteiger partial charge is 0.226 e. The fourth-order valence-corrected chi connectivity index (χ4v) is 4.55. The van der Waals surface area contributed by atoms with Crippen LogP contribution in [0.25, 0.3) is 28.1 Å². The Hall–Kier alpha value is -3.59. The van der Waals surface area contributed by atoms with Crippen molar-refractivity contribution in [1.82, 2.24) is 24.6 Å². The van der Waals surface area contributed by atoms with Gasteiger partial charge >= 0.3 is 0 Å². The Morgan fingerprint density at radius 3 is 2.59 bits per heavy atom. The fourth-order valence-electron chi connectivity index (χ4n) is 3.58. The van der Waals surface area contributed by atoms with Crippen LogP contribution in [0.4, 0.5) is 0 Å². The number of ether oxygens (including phenoxy) is 2. The van der Waals surface area contributed by atoms with Crippen LogP contribution < -0.4 is 9.47 Å². The zero-order valence-electron chi connectivity index (χ0n) is 18.1. The first-order valence-electron chi connectivity index (χ1n) is 10.0. The van der Waals surface area contributed by atoms with Gasteiger partial charge in [0.1, 0.15) is 16.6 Å². The Morgan fingerprint density at radius 1 is 0.969 bits per heavy atom. The predicted octanol–water partition coefficient (Wildman–Crippen LogP) is 4.86. The van der Waals surface area contributed by atoms with E-state index >= 15 is 0 Å². The summed E-state index contributed by atoms with van der Waals surface area (Å²) in [5.74, 6) is 4.00. The van der Waals surface area contributed by atoms with Gasteiger partial charge in [-0.05, 0) is 44.2 Å². The van der Waals surface area contributed by atoms with E-state index in [2.05, 4.69) is 10.2 Å². The molecule has 0 fully saturated rings. The Balaban J connectivity index is 1.46. The van der Waals surface area contributed by atoms with Crippen molar-refractivity contribution in [2.75, 3.05) is 14.2 Å². The average Bonchev–Trinajstić information content (AvgIpc) is 3.40. The van der Waals surface area contributed by atoms with E-state index in [-0.39, 0.29) is 0 Å². The topological polar surface area (TPSA) is 87.6 Å². The average molecular weight is 448 g/mol. The highest BCUT2D eigenvalue weighted by atomic mass is 32.2.